The quantitative estimate of drug-likeness (QED) is 0.748. The van der Waals surface area contributed by atoms with Crippen molar-refractivity contribution < 1.29 is 19.1 Å². The van der Waals surface area contributed by atoms with E-state index >= 15 is 0 Å². The largest absolute Gasteiger partial charge is 0.448 e. The molecule has 28 heavy (non-hydrogen) atoms. The summed E-state index contributed by atoms with van der Waals surface area (Å²) in [5.41, 5.74) is 1.45. The minimum Gasteiger partial charge on any atom is -0.448 e. The number of urea groups is 1. The van der Waals surface area contributed by atoms with E-state index in [2.05, 4.69) is 15.6 Å². The fourth-order valence-electron chi connectivity index (χ4n) is 3.06. The number of esters is 1. The van der Waals surface area contributed by atoms with Gasteiger partial charge in [0.15, 0.2) is 6.10 Å². The Kier molecular flexibility index (Phi) is 6.41. The predicted octanol–water partition coefficient (Wildman–Crippen LogP) is 3.43. The van der Waals surface area contributed by atoms with Crippen LogP contribution >= 0.6 is 11.3 Å². The SMILES string of the molecule is Cc1nc(-c2ccccc2)sc1C(=O)O[C@H](C)C(=O)NC(=O)NC1CCCC1. The summed E-state index contributed by atoms with van der Waals surface area (Å²) in [7, 11) is 0. The Morgan fingerprint density at radius 2 is 1.86 bits per heavy atom. The zero-order chi connectivity index (χ0) is 20.1. The minimum absolute atomic E-state index is 0.0990. The lowest BCUT2D eigenvalue weighted by Gasteiger charge is -2.15. The van der Waals surface area contributed by atoms with Crippen LogP contribution in [0.15, 0.2) is 30.3 Å². The number of nitrogens with zero attached hydrogens (tertiary/aromatic N) is 1. The number of thiazole rings is 1. The molecule has 7 nitrogen and oxygen atoms in total. The van der Waals surface area contributed by atoms with E-state index in [9.17, 15) is 14.4 Å². The number of carbonyl (C=O) groups is 3. The van der Waals surface area contributed by atoms with Gasteiger partial charge in [0.2, 0.25) is 0 Å². The van der Waals surface area contributed by atoms with Crippen LogP contribution in [-0.2, 0) is 9.53 Å². The first-order valence-corrected chi connectivity index (χ1v) is 10.1. The summed E-state index contributed by atoms with van der Waals surface area (Å²) in [6, 6.07) is 9.06. The average molecular weight is 401 g/mol. The molecule has 0 saturated heterocycles. The van der Waals surface area contributed by atoms with Crippen molar-refractivity contribution in [3.63, 3.8) is 0 Å². The van der Waals surface area contributed by atoms with Gasteiger partial charge in [-0.1, -0.05) is 43.2 Å². The molecule has 0 spiro atoms. The van der Waals surface area contributed by atoms with E-state index in [4.69, 9.17) is 4.74 Å². The second kappa shape index (κ2) is 8.97. The Morgan fingerprint density at radius 3 is 2.54 bits per heavy atom. The zero-order valence-corrected chi connectivity index (χ0v) is 16.7. The molecule has 1 aromatic carbocycles. The highest BCUT2D eigenvalue weighted by Gasteiger charge is 2.25. The summed E-state index contributed by atoms with van der Waals surface area (Å²) < 4.78 is 5.24. The van der Waals surface area contributed by atoms with Gasteiger partial charge >= 0.3 is 12.0 Å². The Bertz CT molecular complexity index is 860. The molecule has 1 aliphatic rings. The highest BCUT2D eigenvalue weighted by Crippen LogP contribution is 2.28. The summed E-state index contributed by atoms with van der Waals surface area (Å²) >= 11 is 1.21. The first-order valence-electron chi connectivity index (χ1n) is 9.29. The van der Waals surface area contributed by atoms with Crippen molar-refractivity contribution in [3.05, 3.63) is 40.9 Å². The number of ether oxygens (including phenoxy) is 1. The van der Waals surface area contributed by atoms with Crippen LogP contribution in [0.3, 0.4) is 0 Å². The number of aromatic nitrogens is 1. The molecule has 0 radical (unpaired) electrons. The molecule has 0 bridgehead atoms. The van der Waals surface area contributed by atoms with Gasteiger partial charge in [0, 0.05) is 11.6 Å². The van der Waals surface area contributed by atoms with Crippen molar-refractivity contribution in [2.24, 2.45) is 0 Å². The van der Waals surface area contributed by atoms with Crippen LogP contribution in [-0.4, -0.2) is 35.0 Å². The zero-order valence-electron chi connectivity index (χ0n) is 15.9. The summed E-state index contributed by atoms with van der Waals surface area (Å²) in [5.74, 6) is -1.29. The van der Waals surface area contributed by atoms with Crippen molar-refractivity contribution in [2.45, 2.75) is 51.7 Å². The smallest absolute Gasteiger partial charge is 0.351 e. The monoisotopic (exact) mass is 401 g/mol. The molecule has 2 aromatic rings. The fourth-order valence-corrected chi connectivity index (χ4v) is 4.02. The van der Waals surface area contributed by atoms with Crippen molar-refractivity contribution in [1.82, 2.24) is 15.6 Å². The normalized spacial score (nSPS) is 15.1. The molecular weight excluding hydrogens is 378 g/mol. The van der Waals surface area contributed by atoms with Crippen LogP contribution in [0, 0.1) is 6.92 Å². The second-order valence-corrected chi connectivity index (χ2v) is 7.79. The molecule has 3 amide bonds. The second-order valence-electron chi connectivity index (χ2n) is 6.79. The lowest BCUT2D eigenvalue weighted by molar-refractivity contribution is -0.127. The highest BCUT2D eigenvalue weighted by molar-refractivity contribution is 7.17. The van der Waals surface area contributed by atoms with Gasteiger partial charge in [0.05, 0.1) is 5.69 Å². The van der Waals surface area contributed by atoms with E-state index in [0.717, 1.165) is 31.2 Å². The van der Waals surface area contributed by atoms with Crippen molar-refractivity contribution >= 4 is 29.2 Å². The fraction of sp³-hybridized carbons (Fsp3) is 0.400. The maximum absolute atomic E-state index is 12.5. The third kappa shape index (κ3) is 4.95. The number of carbonyl (C=O) groups excluding carboxylic acids is 3. The van der Waals surface area contributed by atoms with E-state index in [1.54, 1.807) is 6.92 Å². The first-order chi connectivity index (χ1) is 13.4. The van der Waals surface area contributed by atoms with Crippen LogP contribution in [0.25, 0.3) is 10.6 Å². The maximum Gasteiger partial charge on any atom is 0.351 e. The molecule has 1 fully saturated rings. The standard InChI is InChI=1S/C20H23N3O4S/c1-12-16(28-18(21-12)14-8-4-3-5-9-14)19(25)27-13(2)17(24)23-20(26)22-15-10-6-7-11-15/h3-5,8-9,13,15H,6-7,10-11H2,1-2H3,(H2,22,23,24,26)/t13-/m1/s1. The Hall–Kier alpha value is -2.74. The van der Waals surface area contributed by atoms with Crippen LogP contribution < -0.4 is 10.6 Å². The summed E-state index contributed by atoms with van der Waals surface area (Å²) in [6.45, 7) is 3.16. The van der Waals surface area contributed by atoms with Crippen LogP contribution in [0.1, 0.15) is 48.0 Å². The number of benzene rings is 1. The lowest BCUT2D eigenvalue weighted by atomic mass is 10.2. The molecule has 3 rings (SSSR count). The molecule has 1 aromatic heterocycles. The Labute approximate surface area is 167 Å². The molecule has 1 atom stereocenters. The van der Waals surface area contributed by atoms with Crippen molar-refractivity contribution in [3.8, 4) is 10.6 Å². The molecule has 0 aliphatic heterocycles. The number of hydrogen-bond donors (Lipinski definition) is 2. The molecule has 1 heterocycles. The van der Waals surface area contributed by atoms with Crippen LogP contribution in [0.2, 0.25) is 0 Å². The van der Waals surface area contributed by atoms with Crippen LogP contribution in [0.5, 0.6) is 0 Å². The molecule has 2 N–H and O–H groups in total. The van der Waals surface area contributed by atoms with E-state index in [0.29, 0.717) is 15.6 Å². The summed E-state index contributed by atoms with van der Waals surface area (Å²) in [5, 5.41) is 5.70. The number of hydrogen-bond acceptors (Lipinski definition) is 6. The number of nitrogens with one attached hydrogen (secondary N) is 2. The predicted molar refractivity (Wildman–Crippen MR) is 106 cm³/mol. The number of imide groups is 1. The van der Waals surface area contributed by atoms with Gasteiger partial charge in [-0.25, -0.2) is 14.6 Å². The van der Waals surface area contributed by atoms with E-state index < -0.39 is 24.0 Å². The van der Waals surface area contributed by atoms with Crippen molar-refractivity contribution in [1.29, 1.82) is 0 Å². The van der Waals surface area contributed by atoms with E-state index in [1.807, 2.05) is 30.3 Å². The summed E-state index contributed by atoms with van der Waals surface area (Å²) in [6.07, 6.45) is 2.89. The number of amides is 3. The average Bonchev–Trinajstić information content (AvgIpc) is 3.31. The van der Waals surface area contributed by atoms with Gasteiger partial charge in [-0.05, 0) is 26.7 Å². The van der Waals surface area contributed by atoms with Gasteiger partial charge < -0.3 is 10.1 Å². The van der Waals surface area contributed by atoms with Crippen molar-refractivity contribution in [2.75, 3.05) is 0 Å². The molecule has 1 saturated carbocycles. The topological polar surface area (TPSA) is 97.4 Å². The number of aryl methyl sites for hydroxylation is 1. The van der Waals surface area contributed by atoms with E-state index in [-0.39, 0.29) is 6.04 Å². The maximum atomic E-state index is 12.5. The van der Waals surface area contributed by atoms with Gasteiger partial charge in [-0.2, -0.15) is 0 Å². The first kappa shape index (κ1) is 20.0. The minimum atomic E-state index is -1.09. The molecule has 1 aliphatic carbocycles. The van der Waals surface area contributed by atoms with Gasteiger partial charge in [-0.15, -0.1) is 11.3 Å². The summed E-state index contributed by atoms with van der Waals surface area (Å²) in [4.78, 5) is 41.2. The number of rotatable bonds is 5. The van der Waals surface area contributed by atoms with E-state index in [1.165, 1.54) is 18.3 Å². The highest BCUT2D eigenvalue weighted by atomic mass is 32.1. The molecular formula is C20H23N3O4S. The van der Waals surface area contributed by atoms with Gasteiger partial charge in [0.1, 0.15) is 9.88 Å². The third-order valence-electron chi connectivity index (χ3n) is 4.58. The molecule has 148 valence electrons. The van der Waals surface area contributed by atoms with Gasteiger partial charge in [0.25, 0.3) is 5.91 Å². The molecule has 8 heteroatoms. The molecule has 0 unspecified atom stereocenters. The third-order valence-corrected chi connectivity index (χ3v) is 5.77. The van der Waals surface area contributed by atoms with Gasteiger partial charge in [-0.3, -0.25) is 10.1 Å². The Balaban J connectivity index is 1.57. The lowest BCUT2D eigenvalue weighted by Crippen LogP contribution is -2.47. The van der Waals surface area contributed by atoms with Crippen LogP contribution in [0.4, 0.5) is 4.79 Å². The Morgan fingerprint density at radius 1 is 1.18 bits per heavy atom.